The van der Waals surface area contributed by atoms with Crippen molar-refractivity contribution in [3.8, 4) is 11.1 Å². The molecule has 0 saturated carbocycles. The first kappa shape index (κ1) is 32.1. The maximum Gasteiger partial charge on any atom is 0.0133 e. The van der Waals surface area contributed by atoms with Crippen LogP contribution in [-0.2, 0) is 0 Å². The third kappa shape index (κ3) is 6.78. The smallest absolute Gasteiger partial charge is 0.0133 e. The van der Waals surface area contributed by atoms with Gasteiger partial charge < -0.3 is 0 Å². The maximum atomic E-state index is 4.41. The summed E-state index contributed by atoms with van der Waals surface area (Å²) in [6, 6.07) is 48.1. The van der Waals surface area contributed by atoms with Crippen LogP contribution in [0, 0.1) is 12.8 Å². The van der Waals surface area contributed by atoms with Crippen molar-refractivity contribution in [2.45, 2.75) is 39.5 Å². The molecular formula is C49H44. The van der Waals surface area contributed by atoms with Crippen molar-refractivity contribution in [1.82, 2.24) is 0 Å². The van der Waals surface area contributed by atoms with Gasteiger partial charge in [-0.15, -0.1) is 0 Å². The Morgan fingerprint density at radius 1 is 0.653 bits per heavy atom. The molecule has 0 aromatic heterocycles. The minimum absolute atomic E-state index is 0.322. The molecule has 2 atom stereocenters. The lowest BCUT2D eigenvalue weighted by Gasteiger charge is -2.29. The van der Waals surface area contributed by atoms with Gasteiger partial charge in [0.25, 0.3) is 0 Å². The largest absolute Gasteiger partial charge is 0.0911 e. The Hall–Kier alpha value is -5.46. The van der Waals surface area contributed by atoms with Crippen molar-refractivity contribution in [2.75, 3.05) is 0 Å². The molecule has 0 amide bonds. The molecule has 0 bridgehead atoms. The summed E-state index contributed by atoms with van der Waals surface area (Å²) in [6.45, 7) is 11.2. The van der Waals surface area contributed by atoms with Crippen LogP contribution in [-0.4, -0.2) is 0 Å². The zero-order chi connectivity index (χ0) is 33.7. The van der Waals surface area contributed by atoms with Gasteiger partial charge in [0.05, 0.1) is 0 Å². The predicted octanol–water partition coefficient (Wildman–Crippen LogP) is 13.3. The van der Waals surface area contributed by atoms with Crippen LogP contribution in [0.5, 0.6) is 0 Å². The van der Waals surface area contributed by atoms with E-state index in [1.54, 1.807) is 0 Å². The van der Waals surface area contributed by atoms with Crippen LogP contribution >= 0.6 is 0 Å². The highest BCUT2D eigenvalue weighted by Crippen LogP contribution is 2.46. The Morgan fingerprint density at radius 3 is 2.04 bits per heavy atom. The molecule has 0 heterocycles. The number of allylic oxidation sites excluding steroid dienone is 11. The second-order valence-corrected chi connectivity index (χ2v) is 13.5. The normalized spacial score (nSPS) is 17.8. The fourth-order valence-electron chi connectivity index (χ4n) is 7.53. The number of hydrogen-bond donors (Lipinski definition) is 0. The fraction of sp³-hybridized carbons (Fsp3) is 0.143. The minimum atomic E-state index is 0.322. The van der Waals surface area contributed by atoms with Gasteiger partial charge in [-0.2, -0.15) is 0 Å². The van der Waals surface area contributed by atoms with E-state index in [1.807, 2.05) is 6.07 Å². The molecule has 240 valence electrons. The van der Waals surface area contributed by atoms with Crippen molar-refractivity contribution in [1.29, 1.82) is 0 Å². The van der Waals surface area contributed by atoms with E-state index in [0.717, 1.165) is 24.0 Å². The van der Waals surface area contributed by atoms with Crippen LogP contribution in [0.2, 0.25) is 0 Å². The van der Waals surface area contributed by atoms with Gasteiger partial charge in [-0.1, -0.05) is 177 Å². The van der Waals surface area contributed by atoms with E-state index < -0.39 is 0 Å². The second-order valence-electron chi connectivity index (χ2n) is 13.5. The average Bonchev–Trinajstić information content (AvgIpc) is 3.15. The van der Waals surface area contributed by atoms with Crippen molar-refractivity contribution in [2.24, 2.45) is 5.92 Å². The minimum Gasteiger partial charge on any atom is -0.0911 e. The highest BCUT2D eigenvalue weighted by Gasteiger charge is 2.27. The summed E-state index contributed by atoms with van der Waals surface area (Å²) in [5, 5.41) is 0. The first-order valence-electron chi connectivity index (χ1n) is 17.5. The molecule has 2 unspecified atom stereocenters. The first-order chi connectivity index (χ1) is 24.0. The van der Waals surface area contributed by atoms with Crippen molar-refractivity contribution in [3.05, 3.63) is 215 Å². The molecule has 0 spiro atoms. The topological polar surface area (TPSA) is 0 Å². The lowest BCUT2D eigenvalue weighted by atomic mass is 9.74. The number of hydrogen-bond acceptors (Lipinski definition) is 0. The lowest BCUT2D eigenvalue weighted by Crippen LogP contribution is -2.10. The van der Waals surface area contributed by atoms with Crippen molar-refractivity contribution < 1.29 is 0 Å². The van der Waals surface area contributed by atoms with E-state index in [2.05, 4.69) is 185 Å². The third-order valence-corrected chi connectivity index (χ3v) is 10.1. The van der Waals surface area contributed by atoms with E-state index in [9.17, 15) is 0 Å². The number of rotatable bonds is 8. The maximum absolute atomic E-state index is 4.41. The molecule has 5 aromatic carbocycles. The molecular weight excluding hydrogens is 589 g/mol. The van der Waals surface area contributed by atoms with Crippen LogP contribution in [0.3, 0.4) is 0 Å². The fourth-order valence-corrected chi connectivity index (χ4v) is 7.53. The summed E-state index contributed by atoms with van der Waals surface area (Å²) in [6.07, 6.45) is 14.2. The SMILES string of the molecule is C=C(/C=C(\C)c1ccccc1-c1ccccc1C1=CC(C)CC=C1C1=CCC(c2ccccc2C)C(c2ccccc2)=C1)c1ccccc1. The molecule has 5 aromatic rings. The van der Waals surface area contributed by atoms with Crippen LogP contribution in [0.15, 0.2) is 182 Å². The molecule has 0 nitrogen and oxygen atoms in total. The predicted molar refractivity (Wildman–Crippen MR) is 212 cm³/mol. The quantitative estimate of drug-likeness (QED) is 0.149. The number of benzene rings is 5. The standard InChI is InChI=1S/C49H44/c1-34-27-29-43(40-28-30-47(41-22-12-11-17-35(41)2)48(33-40)39-20-9-6-10-21-39)49(31-34)46-26-16-15-25-45(46)44-24-14-13-23-42(44)37(4)32-36(3)38-18-7-5-8-19-38/h5-26,28-29,31-34,47H,3,27,30H2,1-2,4H3/b37-32+. The lowest BCUT2D eigenvalue weighted by molar-refractivity contribution is 0.735. The Balaban J connectivity index is 1.30. The summed E-state index contributed by atoms with van der Waals surface area (Å²) in [5.74, 6) is 0.779. The van der Waals surface area contributed by atoms with Gasteiger partial charge in [0.1, 0.15) is 0 Å². The zero-order valence-electron chi connectivity index (χ0n) is 28.9. The van der Waals surface area contributed by atoms with Gasteiger partial charge in [-0.25, -0.2) is 0 Å². The van der Waals surface area contributed by atoms with Gasteiger partial charge >= 0.3 is 0 Å². The Bertz CT molecular complexity index is 2150. The average molecular weight is 633 g/mol. The van der Waals surface area contributed by atoms with E-state index in [4.69, 9.17) is 0 Å². The first-order valence-corrected chi connectivity index (χ1v) is 17.5. The highest BCUT2D eigenvalue weighted by molar-refractivity contribution is 5.96. The van der Waals surface area contributed by atoms with Gasteiger partial charge in [0.2, 0.25) is 0 Å². The summed E-state index contributed by atoms with van der Waals surface area (Å²) >= 11 is 0. The van der Waals surface area contributed by atoms with Crippen molar-refractivity contribution >= 4 is 22.3 Å². The molecule has 0 N–H and O–H groups in total. The Kier molecular flexibility index (Phi) is 9.40. The monoisotopic (exact) mass is 632 g/mol. The molecule has 0 saturated heterocycles. The number of aryl methyl sites for hydroxylation is 1. The van der Waals surface area contributed by atoms with E-state index >= 15 is 0 Å². The van der Waals surface area contributed by atoms with Gasteiger partial charge in [-0.05, 0) is 111 Å². The van der Waals surface area contributed by atoms with Crippen LogP contribution < -0.4 is 0 Å². The van der Waals surface area contributed by atoms with Crippen LogP contribution in [0.4, 0.5) is 0 Å². The highest BCUT2D eigenvalue weighted by atomic mass is 14.3. The molecule has 0 fully saturated rings. The van der Waals surface area contributed by atoms with E-state index in [1.165, 1.54) is 66.8 Å². The molecule has 49 heavy (non-hydrogen) atoms. The Labute approximate surface area is 292 Å². The molecule has 7 rings (SSSR count). The molecule has 0 heteroatoms. The van der Waals surface area contributed by atoms with Gasteiger partial charge in [0, 0.05) is 5.92 Å². The summed E-state index contributed by atoms with van der Waals surface area (Å²) in [4.78, 5) is 0. The molecule has 0 aliphatic heterocycles. The van der Waals surface area contributed by atoms with Gasteiger partial charge in [0.15, 0.2) is 0 Å². The van der Waals surface area contributed by atoms with Gasteiger partial charge in [-0.3, -0.25) is 0 Å². The van der Waals surface area contributed by atoms with Crippen molar-refractivity contribution in [3.63, 3.8) is 0 Å². The zero-order valence-corrected chi connectivity index (χ0v) is 28.9. The Morgan fingerprint density at radius 2 is 1.29 bits per heavy atom. The van der Waals surface area contributed by atoms with E-state index in [0.29, 0.717) is 11.8 Å². The third-order valence-electron chi connectivity index (χ3n) is 10.1. The second kappa shape index (κ2) is 14.3. The molecule has 2 aliphatic carbocycles. The molecule has 0 radical (unpaired) electrons. The summed E-state index contributed by atoms with van der Waals surface area (Å²) < 4.78 is 0. The van der Waals surface area contributed by atoms with Crippen LogP contribution in [0.25, 0.3) is 33.4 Å². The summed E-state index contributed by atoms with van der Waals surface area (Å²) in [7, 11) is 0. The van der Waals surface area contributed by atoms with Crippen LogP contribution in [0.1, 0.15) is 66.0 Å². The van der Waals surface area contributed by atoms with E-state index in [-0.39, 0.29) is 0 Å². The molecule has 2 aliphatic rings. The summed E-state index contributed by atoms with van der Waals surface area (Å²) in [5.41, 5.74) is 17.8.